The minimum absolute atomic E-state index is 0.00286. The number of halogens is 1. The maximum absolute atomic E-state index is 13.3. The van der Waals surface area contributed by atoms with E-state index in [0.717, 1.165) is 36.5 Å². The number of morpholine rings is 1. The monoisotopic (exact) mass is 535 g/mol. The fraction of sp³-hybridized carbons (Fsp3) is 0.440. The first-order valence-corrected chi connectivity index (χ1v) is 14.5. The summed E-state index contributed by atoms with van der Waals surface area (Å²) in [7, 11) is -3.74. The van der Waals surface area contributed by atoms with Crippen LogP contribution in [0.3, 0.4) is 0 Å². The number of fused-ring (bicyclic) bond motifs is 1. The number of ether oxygens (including phenoxy) is 2. The Morgan fingerprint density at radius 1 is 1.19 bits per heavy atom. The van der Waals surface area contributed by atoms with Gasteiger partial charge >= 0.3 is 0 Å². The molecule has 2 heterocycles. The Morgan fingerprint density at radius 3 is 2.67 bits per heavy atom. The number of hydrogen-bond acceptors (Lipinski definition) is 8. The van der Waals surface area contributed by atoms with Crippen LogP contribution in [0.2, 0.25) is 0 Å². The van der Waals surface area contributed by atoms with Crippen molar-refractivity contribution >= 4 is 42.4 Å². The summed E-state index contributed by atoms with van der Waals surface area (Å²) in [6.07, 6.45) is 0.510. The lowest BCUT2D eigenvalue weighted by atomic mass is 10.3. The van der Waals surface area contributed by atoms with E-state index in [4.69, 9.17) is 14.5 Å². The summed E-state index contributed by atoms with van der Waals surface area (Å²) in [4.78, 5) is 21.9. The van der Waals surface area contributed by atoms with Crippen LogP contribution in [-0.2, 0) is 19.4 Å². The highest BCUT2D eigenvalue weighted by molar-refractivity contribution is 7.91. The Bertz CT molecular complexity index is 1270. The predicted molar refractivity (Wildman–Crippen MR) is 138 cm³/mol. The number of sulfone groups is 1. The number of carbonyl (C=O) groups is 1. The number of amides is 1. The second-order valence-corrected chi connectivity index (χ2v) is 11.5. The molecule has 1 aromatic heterocycles. The van der Waals surface area contributed by atoms with Crippen LogP contribution in [0.1, 0.15) is 19.8 Å². The zero-order valence-corrected chi connectivity index (χ0v) is 21.8. The third kappa shape index (κ3) is 6.58. The molecular weight excluding hydrogens is 505 g/mol. The van der Waals surface area contributed by atoms with Gasteiger partial charge in [-0.2, -0.15) is 0 Å². The largest absolute Gasteiger partial charge is 0.492 e. The van der Waals surface area contributed by atoms with Crippen molar-refractivity contribution in [3.63, 3.8) is 0 Å². The number of carbonyl (C=O) groups excluding carboxylic acids is 1. The minimum Gasteiger partial charge on any atom is -0.492 e. The second-order valence-electron chi connectivity index (χ2n) is 8.41. The van der Waals surface area contributed by atoms with Gasteiger partial charge in [0.05, 0.1) is 35.2 Å². The second kappa shape index (κ2) is 12.1. The predicted octanol–water partition coefficient (Wildman–Crippen LogP) is 3.75. The molecule has 0 aliphatic carbocycles. The first-order chi connectivity index (χ1) is 17.4. The number of thiazole rings is 1. The molecule has 194 valence electrons. The van der Waals surface area contributed by atoms with Gasteiger partial charge in [-0.1, -0.05) is 17.4 Å². The Balaban J connectivity index is 1.52. The lowest BCUT2D eigenvalue weighted by Crippen LogP contribution is -2.39. The van der Waals surface area contributed by atoms with E-state index in [0.29, 0.717) is 49.2 Å². The molecule has 36 heavy (non-hydrogen) atoms. The number of para-hydroxylation sites is 1. The normalized spacial score (nSPS) is 14.7. The molecule has 0 spiro atoms. The molecule has 0 unspecified atom stereocenters. The van der Waals surface area contributed by atoms with Crippen molar-refractivity contribution < 1.29 is 27.1 Å². The van der Waals surface area contributed by atoms with E-state index in [2.05, 4.69) is 4.90 Å². The van der Waals surface area contributed by atoms with E-state index in [1.807, 2.05) is 25.1 Å². The minimum atomic E-state index is -3.74. The molecule has 1 saturated heterocycles. The quantitative estimate of drug-likeness (QED) is 0.346. The zero-order chi connectivity index (χ0) is 25.5. The molecule has 0 atom stereocenters. The standard InChI is InChI=1S/C25H30FN3O5S2/c1-2-34-21-5-3-6-22-24(21)27-25(35-22)29(13-4-12-28-14-16-33-17-15-28)23(30)11-18-36(31,32)20-9-7-19(26)8-10-20/h3,5-10H,2,4,11-18H2,1H3. The molecule has 1 fully saturated rings. The molecular formula is C25H30FN3O5S2. The van der Waals surface area contributed by atoms with Gasteiger partial charge in [-0.3, -0.25) is 14.6 Å². The van der Waals surface area contributed by atoms with E-state index in [9.17, 15) is 17.6 Å². The smallest absolute Gasteiger partial charge is 0.229 e. The van der Waals surface area contributed by atoms with Crippen molar-refractivity contribution in [3.05, 3.63) is 48.3 Å². The summed E-state index contributed by atoms with van der Waals surface area (Å²) in [6, 6.07) is 10.3. The molecule has 11 heteroatoms. The molecule has 2 aromatic carbocycles. The summed E-state index contributed by atoms with van der Waals surface area (Å²) < 4.78 is 50.7. The van der Waals surface area contributed by atoms with Gasteiger partial charge in [0.2, 0.25) is 5.91 Å². The average molecular weight is 536 g/mol. The third-order valence-corrected chi connectivity index (χ3v) is 8.70. The van der Waals surface area contributed by atoms with Crippen molar-refractivity contribution in [3.8, 4) is 5.75 Å². The fourth-order valence-corrected chi connectivity index (χ4v) is 6.28. The number of hydrogen-bond donors (Lipinski definition) is 0. The van der Waals surface area contributed by atoms with Crippen LogP contribution in [0.4, 0.5) is 9.52 Å². The average Bonchev–Trinajstić information content (AvgIpc) is 3.31. The van der Waals surface area contributed by atoms with Gasteiger partial charge in [0, 0.05) is 32.6 Å². The van der Waals surface area contributed by atoms with Gasteiger partial charge < -0.3 is 9.47 Å². The lowest BCUT2D eigenvalue weighted by Gasteiger charge is -2.27. The summed E-state index contributed by atoms with van der Waals surface area (Å²) in [5, 5.41) is 0.517. The van der Waals surface area contributed by atoms with E-state index >= 15 is 0 Å². The molecule has 0 bridgehead atoms. The van der Waals surface area contributed by atoms with Crippen LogP contribution in [0.5, 0.6) is 5.75 Å². The van der Waals surface area contributed by atoms with Crippen LogP contribution in [-0.4, -0.2) is 76.0 Å². The molecule has 1 aliphatic heterocycles. The Labute approximate surface area is 214 Å². The van der Waals surface area contributed by atoms with E-state index in [-0.39, 0.29) is 23.0 Å². The van der Waals surface area contributed by atoms with Crippen LogP contribution >= 0.6 is 11.3 Å². The van der Waals surface area contributed by atoms with Gasteiger partial charge in [0.1, 0.15) is 17.1 Å². The Hall–Kier alpha value is -2.60. The topological polar surface area (TPSA) is 89.0 Å². The molecule has 8 nitrogen and oxygen atoms in total. The van der Waals surface area contributed by atoms with Gasteiger partial charge in [-0.05, 0) is 49.7 Å². The summed E-state index contributed by atoms with van der Waals surface area (Å²) in [5.74, 6) is -0.553. The highest BCUT2D eigenvalue weighted by Crippen LogP contribution is 2.34. The number of nitrogens with zero attached hydrogens (tertiary/aromatic N) is 3. The maximum Gasteiger partial charge on any atom is 0.229 e. The fourth-order valence-electron chi connectivity index (χ4n) is 4.02. The molecule has 1 aliphatic rings. The highest BCUT2D eigenvalue weighted by Gasteiger charge is 2.24. The third-order valence-electron chi connectivity index (χ3n) is 5.92. The summed E-state index contributed by atoms with van der Waals surface area (Å²) in [5.41, 5.74) is 0.685. The van der Waals surface area contributed by atoms with Crippen molar-refractivity contribution in [2.24, 2.45) is 0 Å². The van der Waals surface area contributed by atoms with Crippen molar-refractivity contribution in [2.75, 3.05) is 56.7 Å². The summed E-state index contributed by atoms with van der Waals surface area (Å²) in [6.45, 7) is 6.70. The van der Waals surface area contributed by atoms with Gasteiger partial charge in [-0.25, -0.2) is 17.8 Å². The number of rotatable bonds is 11. The van der Waals surface area contributed by atoms with Crippen LogP contribution < -0.4 is 9.64 Å². The highest BCUT2D eigenvalue weighted by atomic mass is 32.2. The van der Waals surface area contributed by atoms with E-state index in [1.165, 1.54) is 23.5 Å². The van der Waals surface area contributed by atoms with Crippen molar-refractivity contribution in [1.29, 1.82) is 0 Å². The lowest BCUT2D eigenvalue weighted by molar-refractivity contribution is -0.118. The van der Waals surface area contributed by atoms with Crippen LogP contribution in [0, 0.1) is 5.82 Å². The van der Waals surface area contributed by atoms with Crippen molar-refractivity contribution in [2.45, 2.75) is 24.7 Å². The maximum atomic E-state index is 13.3. The Kier molecular flexibility index (Phi) is 8.89. The molecule has 1 amide bonds. The number of benzene rings is 2. The van der Waals surface area contributed by atoms with Gasteiger partial charge in [0.25, 0.3) is 0 Å². The first-order valence-electron chi connectivity index (χ1n) is 12.0. The van der Waals surface area contributed by atoms with Crippen molar-refractivity contribution in [1.82, 2.24) is 9.88 Å². The first kappa shape index (κ1) is 26.5. The molecule has 0 saturated carbocycles. The molecule has 0 radical (unpaired) electrons. The van der Waals surface area contributed by atoms with E-state index in [1.54, 1.807) is 4.90 Å². The van der Waals surface area contributed by atoms with Gasteiger partial charge in [0.15, 0.2) is 15.0 Å². The number of anilines is 1. The van der Waals surface area contributed by atoms with E-state index < -0.39 is 15.7 Å². The Morgan fingerprint density at radius 2 is 1.94 bits per heavy atom. The zero-order valence-electron chi connectivity index (χ0n) is 20.2. The number of aromatic nitrogens is 1. The van der Waals surface area contributed by atoms with Crippen LogP contribution in [0.25, 0.3) is 10.2 Å². The molecule has 4 rings (SSSR count). The molecule has 3 aromatic rings. The SMILES string of the molecule is CCOc1cccc2sc(N(CCCN3CCOCC3)C(=O)CCS(=O)(=O)c3ccc(F)cc3)nc12. The van der Waals surface area contributed by atoms with Crippen LogP contribution in [0.15, 0.2) is 47.4 Å². The summed E-state index contributed by atoms with van der Waals surface area (Å²) >= 11 is 1.38. The van der Waals surface area contributed by atoms with Gasteiger partial charge in [-0.15, -0.1) is 0 Å². The molecule has 0 N–H and O–H groups in total.